The lowest BCUT2D eigenvalue weighted by atomic mass is 10.3. The maximum absolute atomic E-state index is 11.8. The maximum Gasteiger partial charge on any atom is 0.271 e. The molecule has 1 aromatic carbocycles. The second kappa shape index (κ2) is 6.07. The molecule has 7 heteroatoms. The first-order valence-electron chi connectivity index (χ1n) is 6.54. The third-order valence-electron chi connectivity index (χ3n) is 3.03. The van der Waals surface area contributed by atoms with Gasteiger partial charge in [0.05, 0.1) is 4.47 Å². The van der Waals surface area contributed by atoms with Gasteiger partial charge in [-0.1, -0.05) is 11.6 Å². The van der Waals surface area contributed by atoms with Crippen molar-refractivity contribution in [3.63, 3.8) is 0 Å². The third-order valence-corrected chi connectivity index (χ3v) is 3.89. The zero-order valence-electron chi connectivity index (χ0n) is 11.1. The van der Waals surface area contributed by atoms with E-state index >= 15 is 0 Å². The number of benzene rings is 1. The van der Waals surface area contributed by atoms with E-state index < -0.39 is 0 Å². The second-order valence-electron chi connectivity index (χ2n) is 4.84. The molecular weight excluding hydrogens is 358 g/mol. The van der Waals surface area contributed by atoms with Gasteiger partial charge in [0.25, 0.3) is 5.91 Å². The van der Waals surface area contributed by atoms with Crippen LogP contribution in [0.5, 0.6) is 5.75 Å². The van der Waals surface area contributed by atoms with Gasteiger partial charge in [0.1, 0.15) is 11.4 Å². The number of hydrogen-bond donors (Lipinski definition) is 1. The van der Waals surface area contributed by atoms with Crippen LogP contribution in [0.2, 0.25) is 5.02 Å². The number of hydrogen-bond acceptors (Lipinski definition) is 3. The van der Waals surface area contributed by atoms with Gasteiger partial charge in [-0.2, -0.15) is 5.10 Å². The number of carbonyl (C=O) groups is 1. The molecule has 1 saturated carbocycles. The minimum Gasteiger partial charge on any atom is -0.470 e. The lowest BCUT2D eigenvalue weighted by Gasteiger charge is -2.08. The second-order valence-corrected chi connectivity index (χ2v) is 6.13. The lowest BCUT2D eigenvalue weighted by Crippen LogP contribution is -2.26. The van der Waals surface area contributed by atoms with E-state index in [-0.39, 0.29) is 12.6 Å². The summed E-state index contributed by atoms with van der Waals surface area (Å²) in [4.78, 5) is 11.8. The minimum absolute atomic E-state index is 0.135. The molecule has 3 rings (SSSR count). The van der Waals surface area contributed by atoms with E-state index in [1.54, 1.807) is 35.1 Å². The fourth-order valence-corrected chi connectivity index (χ4v) is 2.57. The number of carbonyl (C=O) groups excluding carboxylic acids is 1. The van der Waals surface area contributed by atoms with Gasteiger partial charge in [-0.05, 0) is 53.0 Å². The molecule has 1 amide bonds. The van der Waals surface area contributed by atoms with Crippen molar-refractivity contribution in [3.8, 4) is 5.75 Å². The molecule has 2 aromatic rings. The van der Waals surface area contributed by atoms with Gasteiger partial charge < -0.3 is 10.1 Å². The van der Waals surface area contributed by atoms with E-state index in [1.165, 1.54) is 0 Å². The van der Waals surface area contributed by atoms with Gasteiger partial charge in [-0.15, -0.1) is 0 Å². The number of aromatic nitrogens is 2. The molecule has 0 aliphatic heterocycles. The van der Waals surface area contributed by atoms with Crippen LogP contribution in [0.4, 0.5) is 0 Å². The molecule has 1 heterocycles. The van der Waals surface area contributed by atoms with Crippen molar-refractivity contribution in [2.45, 2.75) is 25.6 Å². The first-order chi connectivity index (χ1) is 10.1. The summed E-state index contributed by atoms with van der Waals surface area (Å²) in [7, 11) is 0. The van der Waals surface area contributed by atoms with E-state index in [1.807, 2.05) is 0 Å². The summed E-state index contributed by atoms with van der Waals surface area (Å²) >= 11 is 9.25. The molecule has 1 N–H and O–H groups in total. The Hall–Kier alpha value is -1.53. The van der Waals surface area contributed by atoms with Crippen molar-refractivity contribution in [2.24, 2.45) is 0 Å². The van der Waals surface area contributed by atoms with Gasteiger partial charge in [-0.25, -0.2) is 4.68 Å². The number of rotatable bonds is 5. The van der Waals surface area contributed by atoms with Crippen LogP contribution in [-0.2, 0) is 6.73 Å². The van der Waals surface area contributed by atoms with Crippen LogP contribution in [0.3, 0.4) is 0 Å². The summed E-state index contributed by atoms with van der Waals surface area (Å²) in [6.07, 6.45) is 3.83. The van der Waals surface area contributed by atoms with Crippen LogP contribution in [0.15, 0.2) is 34.9 Å². The Labute approximate surface area is 135 Å². The minimum atomic E-state index is -0.135. The zero-order chi connectivity index (χ0) is 14.8. The molecule has 5 nitrogen and oxygen atoms in total. The lowest BCUT2D eigenvalue weighted by molar-refractivity contribution is 0.0944. The number of halogens is 2. The molecule has 0 spiro atoms. The van der Waals surface area contributed by atoms with Crippen molar-refractivity contribution in [2.75, 3.05) is 0 Å². The Balaban J connectivity index is 1.60. The monoisotopic (exact) mass is 369 g/mol. The molecular formula is C14H13BrClN3O2. The summed E-state index contributed by atoms with van der Waals surface area (Å²) in [5.74, 6) is 0.530. The van der Waals surface area contributed by atoms with Gasteiger partial charge in [0.2, 0.25) is 0 Å². The number of amides is 1. The SMILES string of the molecule is O=C(NC1CC1)c1ccn(COc2ccc(Cl)cc2Br)n1. The summed E-state index contributed by atoms with van der Waals surface area (Å²) < 4.78 is 7.97. The van der Waals surface area contributed by atoms with Crippen molar-refractivity contribution < 1.29 is 9.53 Å². The predicted octanol–water partition coefficient (Wildman–Crippen LogP) is 3.23. The van der Waals surface area contributed by atoms with Crippen molar-refractivity contribution in [1.82, 2.24) is 15.1 Å². The standard InChI is InChI=1S/C14H13BrClN3O2/c15-11-7-9(16)1-4-13(11)21-8-19-6-5-12(18-19)14(20)17-10-2-3-10/h1,4-7,10H,2-3,8H2,(H,17,20). The smallest absolute Gasteiger partial charge is 0.271 e. The average molecular weight is 371 g/mol. The van der Waals surface area contributed by atoms with Crippen molar-refractivity contribution >= 4 is 33.4 Å². The molecule has 1 aromatic heterocycles. The fraction of sp³-hybridized carbons (Fsp3) is 0.286. The van der Waals surface area contributed by atoms with E-state index in [2.05, 4.69) is 26.3 Å². The van der Waals surface area contributed by atoms with Gasteiger partial charge in [-0.3, -0.25) is 4.79 Å². The van der Waals surface area contributed by atoms with Crippen LogP contribution in [0.25, 0.3) is 0 Å². The molecule has 21 heavy (non-hydrogen) atoms. The molecule has 0 bridgehead atoms. The Kier molecular flexibility index (Phi) is 4.17. The van der Waals surface area contributed by atoms with Crippen molar-refractivity contribution in [1.29, 1.82) is 0 Å². The Bertz CT molecular complexity index is 670. The molecule has 0 unspecified atom stereocenters. The van der Waals surface area contributed by atoms with Crippen LogP contribution in [0.1, 0.15) is 23.3 Å². The molecule has 1 fully saturated rings. The molecule has 110 valence electrons. The Morgan fingerprint density at radius 1 is 1.48 bits per heavy atom. The number of nitrogens with one attached hydrogen (secondary N) is 1. The molecule has 0 saturated heterocycles. The van der Waals surface area contributed by atoms with E-state index in [0.717, 1.165) is 17.3 Å². The molecule has 0 atom stereocenters. The van der Waals surface area contributed by atoms with Gasteiger partial charge >= 0.3 is 0 Å². The zero-order valence-corrected chi connectivity index (χ0v) is 13.4. The van der Waals surface area contributed by atoms with E-state index in [0.29, 0.717) is 22.5 Å². The fourth-order valence-electron chi connectivity index (χ4n) is 1.77. The predicted molar refractivity (Wildman–Crippen MR) is 82.5 cm³/mol. The summed E-state index contributed by atoms with van der Waals surface area (Å²) in [5.41, 5.74) is 0.403. The highest BCUT2D eigenvalue weighted by atomic mass is 79.9. The molecule has 1 aliphatic rings. The normalized spacial score (nSPS) is 14.0. The van der Waals surface area contributed by atoms with Crippen molar-refractivity contribution in [3.05, 3.63) is 45.7 Å². The molecule has 0 radical (unpaired) electrons. The highest BCUT2D eigenvalue weighted by molar-refractivity contribution is 9.10. The summed E-state index contributed by atoms with van der Waals surface area (Å²) in [5, 5.41) is 7.72. The number of ether oxygens (including phenoxy) is 1. The van der Waals surface area contributed by atoms with Gasteiger partial charge in [0.15, 0.2) is 6.73 Å². The molecule has 1 aliphatic carbocycles. The largest absolute Gasteiger partial charge is 0.470 e. The van der Waals surface area contributed by atoms with E-state index in [9.17, 15) is 4.79 Å². The Morgan fingerprint density at radius 2 is 2.29 bits per heavy atom. The summed E-state index contributed by atoms with van der Waals surface area (Å²) in [6, 6.07) is 7.28. The van der Waals surface area contributed by atoms with E-state index in [4.69, 9.17) is 16.3 Å². The van der Waals surface area contributed by atoms with Crippen LogP contribution < -0.4 is 10.1 Å². The maximum atomic E-state index is 11.8. The quantitative estimate of drug-likeness (QED) is 0.879. The first kappa shape index (κ1) is 14.4. The van der Waals surface area contributed by atoms with Crippen LogP contribution in [0, 0.1) is 0 Å². The highest BCUT2D eigenvalue weighted by Crippen LogP contribution is 2.28. The topological polar surface area (TPSA) is 56.2 Å². The van der Waals surface area contributed by atoms with Gasteiger partial charge in [0, 0.05) is 17.3 Å². The average Bonchev–Trinajstić information content (AvgIpc) is 3.13. The number of nitrogens with zero attached hydrogens (tertiary/aromatic N) is 2. The third kappa shape index (κ3) is 3.77. The highest BCUT2D eigenvalue weighted by Gasteiger charge is 2.24. The van der Waals surface area contributed by atoms with Crippen LogP contribution in [-0.4, -0.2) is 21.7 Å². The summed E-state index contributed by atoms with van der Waals surface area (Å²) in [6.45, 7) is 0.219. The van der Waals surface area contributed by atoms with Crippen LogP contribution >= 0.6 is 27.5 Å². The Morgan fingerprint density at radius 3 is 3.00 bits per heavy atom. The first-order valence-corrected chi connectivity index (χ1v) is 7.71.